The summed E-state index contributed by atoms with van der Waals surface area (Å²) in [5.74, 6) is 0.362. The first-order chi connectivity index (χ1) is 15.3. The topological polar surface area (TPSA) is 73.8 Å². The summed E-state index contributed by atoms with van der Waals surface area (Å²) in [4.78, 5) is 7.13. The standard InChI is InChI=1S/C23H26Cl2N4O2S/c1-16-4-2-3-5-18(16)15-29-10-8-20(9-11-29)26-23-14-21(27-32(30,31)28-23)12-17-6-7-19(24)13-22(17)25/h2-7,13-14,20,27H,8-12,15H2,1H3,(H,26,28). The summed E-state index contributed by atoms with van der Waals surface area (Å²) in [6.45, 7) is 4.92. The van der Waals surface area contributed by atoms with Crippen molar-refractivity contribution in [1.82, 2.24) is 14.3 Å². The molecule has 2 aromatic carbocycles. The van der Waals surface area contributed by atoms with Crippen molar-refractivity contribution in [2.24, 2.45) is 4.99 Å². The van der Waals surface area contributed by atoms with E-state index in [4.69, 9.17) is 28.2 Å². The molecule has 1 fully saturated rings. The zero-order valence-corrected chi connectivity index (χ0v) is 20.1. The number of hydrogen-bond donors (Lipinski definition) is 2. The van der Waals surface area contributed by atoms with E-state index in [2.05, 4.69) is 45.5 Å². The molecular weight excluding hydrogens is 467 g/mol. The van der Waals surface area contributed by atoms with Crippen LogP contribution >= 0.6 is 23.2 Å². The number of halogens is 2. The summed E-state index contributed by atoms with van der Waals surface area (Å²) in [6, 6.07) is 13.7. The number of rotatable bonds is 5. The van der Waals surface area contributed by atoms with Gasteiger partial charge in [0.2, 0.25) is 0 Å². The Bertz CT molecular complexity index is 1160. The smallest absolute Gasteiger partial charge is 0.299 e. The van der Waals surface area contributed by atoms with Crippen LogP contribution in [-0.2, 0) is 23.2 Å². The van der Waals surface area contributed by atoms with E-state index in [1.807, 2.05) is 0 Å². The van der Waals surface area contributed by atoms with Crippen LogP contribution < -0.4 is 9.44 Å². The van der Waals surface area contributed by atoms with E-state index in [-0.39, 0.29) is 6.04 Å². The van der Waals surface area contributed by atoms with Gasteiger partial charge in [-0.25, -0.2) is 0 Å². The van der Waals surface area contributed by atoms with E-state index in [0.29, 0.717) is 28.0 Å². The number of aliphatic imine (C=N–C) groups is 1. The summed E-state index contributed by atoms with van der Waals surface area (Å²) in [7, 11) is -3.71. The molecule has 2 heterocycles. The van der Waals surface area contributed by atoms with Gasteiger partial charge in [-0.2, -0.15) is 8.42 Å². The van der Waals surface area contributed by atoms with Gasteiger partial charge < -0.3 is 0 Å². The molecule has 2 aromatic rings. The van der Waals surface area contributed by atoms with Crippen molar-refractivity contribution in [2.75, 3.05) is 13.1 Å². The van der Waals surface area contributed by atoms with Gasteiger partial charge in [0.1, 0.15) is 5.84 Å². The fourth-order valence-electron chi connectivity index (χ4n) is 4.01. The summed E-state index contributed by atoms with van der Waals surface area (Å²) in [6.07, 6.45) is 3.85. The highest BCUT2D eigenvalue weighted by molar-refractivity contribution is 7.88. The maximum Gasteiger partial charge on any atom is 0.322 e. The van der Waals surface area contributed by atoms with E-state index in [1.54, 1.807) is 24.3 Å². The molecule has 0 radical (unpaired) electrons. The second-order valence-corrected chi connectivity index (χ2v) is 10.5. The molecule has 170 valence electrons. The molecule has 0 aliphatic carbocycles. The lowest BCUT2D eigenvalue weighted by atomic mass is 10.0. The minimum Gasteiger partial charge on any atom is -0.299 e. The maximum atomic E-state index is 12.3. The molecule has 2 aliphatic heterocycles. The van der Waals surface area contributed by atoms with Crippen molar-refractivity contribution in [2.45, 2.75) is 38.8 Å². The molecule has 0 saturated carbocycles. The number of allylic oxidation sites excluding steroid dienone is 1. The number of benzene rings is 2. The van der Waals surface area contributed by atoms with E-state index in [9.17, 15) is 8.42 Å². The molecule has 0 aromatic heterocycles. The van der Waals surface area contributed by atoms with Crippen LogP contribution in [0.5, 0.6) is 0 Å². The van der Waals surface area contributed by atoms with Gasteiger partial charge in [0.05, 0.1) is 6.04 Å². The first kappa shape index (κ1) is 23.1. The van der Waals surface area contributed by atoms with Gasteiger partial charge >= 0.3 is 10.2 Å². The van der Waals surface area contributed by atoms with Crippen LogP contribution in [0.3, 0.4) is 0 Å². The Morgan fingerprint density at radius 1 is 1.06 bits per heavy atom. The number of nitrogens with zero attached hydrogens (tertiary/aromatic N) is 2. The van der Waals surface area contributed by atoms with Crippen LogP contribution in [0.4, 0.5) is 0 Å². The van der Waals surface area contributed by atoms with Gasteiger partial charge in [0.15, 0.2) is 0 Å². The molecule has 0 unspecified atom stereocenters. The number of hydrogen-bond acceptors (Lipinski definition) is 4. The number of aryl methyl sites for hydroxylation is 1. The molecule has 2 N–H and O–H groups in total. The minimum absolute atomic E-state index is 0.0792. The highest BCUT2D eigenvalue weighted by Crippen LogP contribution is 2.24. The van der Waals surface area contributed by atoms with Gasteiger partial charge in [0.25, 0.3) is 0 Å². The largest absolute Gasteiger partial charge is 0.322 e. The monoisotopic (exact) mass is 492 g/mol. The van der Waals surface area contributed by atoms with Crippen molar-refractivity contribution in [3.8, 4) is 0 Å². The third-order valence-corrected chi connectivity index (χ3v) is 7.34. The molecule has 32 heavy (non-hydrogen) atoms. The van der Waals surface area contributed by atoms with E-state index in [0.717, 1.165) is 38.0 Å². The van der Waals surface area contributed by atoms with E-state index in [1.165, 1.54) is 11.1 Å². The Morgan fingerprint density at radius 2 is 1.81 bits per heavy atom. The lowest BCUT2D eigenvalue weighted by molar-refractivity contribution is 0.206. The molecule has 1 saturated heterocycles. The highest BCUT2D eigenvalue weighted by Gasteiger charge is 2.24. The van der Waals surface area contributed by atoms with Crippen LogP contribution in [0.2, 0.25) is 10.0 Å². The van der Waals surface area contributed by atoms with Crippen molar-refractivity contribution in [1.29, 1.82) is 0 Å². The summed E-state index contributed by atoms with van der Waals surface area (Å²) in [5, 5.41) is 1.03. The molecule has 6 nitrogen and oxygen atoms in total. The SMILES string of the molecule is Cc1ccccc1CN1CCC(N=C2C=C(Cc3ccc(Cl)cc3Cl)NS(=O)(=O)N2)CC1. The lowest BCUT2D eigenvalue weighted by Gasteiger charge is -2.31. The average molecular weight is 493 g/mol. The zero-order chi connectivity index (χ0) is 22.7. The fraction of sp³-hybridized carbons (Fsp3) is 0.348. The summed E-state index contributed by atoms with van der Waals surface area (Å²) < 4.78 is 29.7. The summed E-state index contributed by atoms with van der Waals surface area (Å²) >= 11 is 12.2. The Morgan fingerprint density at radius 3 is 2.53 bits per heavy atom. The molecule has 0 atom stereocenters. The average Bonchev–Trinajstić information content (AvgIpc) is 2.72. The molecular formula is C23H26Cl2N4O2S. The van der Waals surface area contributed by atoms with E-state index < -0.39 is 10.2 Å². The van der Waals surface area contributed by atoms with Crippen molar-refractivity contribution >= 4 is 39.2 Å². The maximum absolute atomic E-state index is 12.3. The number of piperidine rings is 1. The van der Waals surface area contributed by atoms with Crippen molar-refractivity contribution in [3.63, 3.8) is 0 Å². The van der Waals surface area contributed by atoms with Crippen molar-refractivity contribution < 1.29 is 8.42 Å². The highest BCUT2D eigenvalue weighted by atomic mass is 35.5. The molecule has 4 rings (SSSR count). The zero-order valence-electron chi connectivity index (χ0n) is 17.8. The summed E-state index contributed by atoms with van der Waals surface area (Å²) in [5.41, 5.74) is 3.95. The third kappa shape index (κ3) is 6.04. The van der Waals surface area contributed by atoms with Crippen LogP contribution in [0.1, 0.15) is 29.5 Å². The Hall–Kier alpha value is -2.06. The van der Waals surface area contributed by atoms with Gasteiger partial charge in [-0.05, 0) is 48.6 Å². The fourth-order valence-corrected chi connectivity index (χ4v) is 5.40. The van der Waals surface area contributed by atoms with Gasteiger partial charge in [-0.15, -0.1) is 0 Å². The molecule has 9 heteroatoms. The van der Waals surface area contributed by atoms with Crippen LogP contribution in [0.25, 0.3) is 0 Å². The van der Waals surface area contributed by atoms with Gasteiger partial charge in [-0.3, -0.25) is 19.3 Å². The first-order valence-electron chi connectivity index (χ1n) is 10.6. The molecule has 0 bridgehead atoms. The predicted octanol–water partition coefficient (Wildman–Crippen LogP) is 4.23. The molecule has 2 aliphatic rings. The molecule has 0 spiro atoms. The van der Waals surface area contributed by atoms with E-state index >= 15 is 0 Å². The Kier molecular flexibility index (Phi) is 7.10. The minimum atomic E-state index is -3.71. The van der Waals surface area contributed by atoms with Crippen LogP contribution in [0.15, 0.2) is 59.2 Å². The molecule has 0 amide bonds. The van der Waals surface area contributed by atoms with Gasteiger partial charge in [-0.1, -0.05) is 53.5 Å². The number of amidine groups is 1. The third-order valence-electron chi connectivity index (χ3n) is 5.75. The Labute approximate surface area is 199 Å². The number of likely N-dealkylation sites (tertiary alicyclic amines) is 1. The quantitative estimate of drug-likeness (QED) is 0.655. The Balaban J connectivity index is 1.42. The normalized spacial score (nSPS) is 20.5. The second-order valence-electron chi connectivity index (χ2n) is 8.24. The van der Waals surface area contributed by atoms with Crippen LogP contribution in [-0.4, -0.2) is 38.3 Å². The number of nitrogens with one attached hydrogen (secondary N) is 2. The second kappa shape index (κ2) is 9.83. The predicted molar refractivity (Wildman–Crippen MR) is 130 cm³/mol. The first-order valence-corrected chi connectivity index (χ1v) is 12.8. The van der Waals surface area contributed by atoms with Crippen molar-refractivity contribution in [3.05, 3.63) is 81.0 Å². The van der Waals surface area contributed by atoms with Gasteiger partial charge in [0, 0.05) is 47.9 Å². The van der Waals surface area contributed by atoms with Crippen LogP contribution in [0, 0.1) is 6.92 Å². The lowest BCUT2D eigenvalue weighted by Crippen LogP contribution is -2.45.